The number of carbonyl (C=O) groups is 1. The number of amides is 1. The number of hydrogen-bond acceptors (Lipinski definition) is 6. The van der Waals surface area contributed by atoms with Crippen LogP contribution in [0, 0.1) is 0 Å². The van der Waals surface area contributed by atoms with Crippen molar-refractivity contribution in [2.24, 2.45) is 0 Å². The maximum absolute atomic E-state index is 13.2. The molecule has 1 unspecified atom stereocenters. The third-order valence-corrected chi connectivity index (χ3v) is 6.51. The van der Waals surface area contributed by atoms with Gasteiger partial charge in [0.2, 0.25) is 0 Å². The third-order valence-electron chi connectivity index (χ3n) is 6.51. The van der Waals surface area contributed by atoms with E-state index in [1.807, 2.05) is 0 Å². The van der Waals surface area contributed by atoms with Crippen LogP contribution in [0.1, 0.15) is 35.7 Å². The molecule has 2 fully saturated rings. The van der Waals surface area contributed by atoms with E-state index >= 15 is 0 Å². The van der Waals surface area contributed by atoms with Crippen LogP contribution in [-0.4, -0.2) is 70.6 Å². The van der Waals surface area contributed by atoms with Gasteiger partial charge in [-0.05, 0) is 49.6 Å². The number of methoxy groups -OCH3 is 1. The Morgan fingerprint density at radius 3 is 2.59 bits per heavy atom. The SMILES string of the molecule is COc1cc(-c2cnc3cc(C(C)(O)CN4CC(F)(F)C4)ccn23)cc(OC(F)F)c1C(=O)NC1CC1. The number of pyridine rings is 1. The number of alkyl halides is 4. The molecule has 0 bridgehead atoms. The standard InChI is InChI=1S/C25H26F4N4O4/c1-24(35,11-32-12-25(28,29)13-32)15-5-6-33-17(10-30-20(33)9-15)14-7-18(36-2)21(19(8-14)37-23(26)27)22(34)31-16-3-4-16/h5-10,16,23,35H,3-4,11-13H2,1-2H3,(H,31,34). The van der Waals surface area contributed by atoms with Gasteiger partial charge < -0.3 is 19.9 Å². The van der Waals surface area contributed by atoms with Crippen molar-refractivity contribution in [3.05, 3.63) is 47.8 Å². The van der Waals surface area contributed by atoms with E-state index in [-0.39, 0.29) is 29.6 Å². The molecular weight excluding hydrogens is 496 g/mol. The largest absolute Gasteiger partial charge is 0.496 e. The van der Waals surface area contributed by atoms with Gasteiger partial charge in [0.25, 0.3) is 11.8 Å². The molecule has 2 N–H and O–H groups in total. The molecule has 5 rings (SSSR count). The molecule has 0 radical (unpaired) electrons. The first kappa shape index (κ1) is 25.3. The lowest BCUT2D eigenvalue weighted by Gasteiger charge is -2.42. The number of benzene rings is 1. The topological polar surface area (TPSA) is 88.3 Å². The molecule has 2 aromatic heterocycles. The Bertz CT molecular complexity index is 1330. The van der Waals surface area contributed by atoms with Gasteiger partial charge in [-0.25, -0.2) is 13.8 Å². The van der Waals surface area contributed by atoms with E-state index in [0.717, 1.165) is 12.8 Å². The molecule has 1 amide bonds. The molecule has 37 heavy (non-hydrogen) atoms. The molecule has 2 aliphatic rings. The van der Waals surface area contributed by atoms with Gasteiger partial charge in [0, 0.05) is 24.3 Å². The van der Waals surface area contributed by atoms with Gasteiger partial charge in [-0.15, -0.1) is 0 Å². The number of ether oxygens (including phenoxy) is 2. The molecule has 198 valence electrons. The van der Waals surface area contributed by atoms with E-state index < -0.39 is 37.1 Å². The second-order valence-electron chi connectivity index (χ2n) is 9.74. The van der Waals surface area contributed by atoms with Gasteiger partial charge in [-0.3, -0.25) is 14.1 Å². The van der Waals surface area contributed by atoms with Crippen molar-refractivity contribution in [1.29, 1.82) is 0 Å². The van der Waals surface area contributed by atoms with Gasteiger partial charge in [-0.2, -0.15) is 8.78 Å². The number of carbonyl (C=O) groups excluding carboxylic acids is 1. The zero-order valence-corrected chi connectivity index (χ0v) is 20.2. The van der Waals surface area contributed by atoms with E-state index in [0.29, 0.717) is 22.5 Å². The van der Waals surface area contributed by atoms with Gasteiger partial charge in [0.05, 0.1) is 37.7 Å². The second kappa shape index (κ2) is 9.18. The fourth-order valence-electron chi connectivity index (χ4n) is 4.57. The predicted octanol–water partition coefficient (Wildman–Crippen LogP) is 3.66. The van der Waals surface area contributed by atoms with E-state index in [4.69, 9.17) is 9.47 Å². The monoisotopic (exact) mass is 522 g/mol. The lowest BCUT2D eigenvalue weighted by atomic mass is 9.94. The molecule has 1 aromatic carbocycles. The summed E-state index contributed by atoms with van der Waals surface area (Å²) < 4.78 is 64.6. The van der Waals surface area contributed by atoms with Crippen LogP contribution in [0.5, 0.6) is 11.5 Å². The number of aromatic nitrogens is 2. The van der Waals surface area contributed by atoms with Crippen molar-refractivity contribution >= 4 is 11.6 Å². The van der Waals surface area contributed by atoms with E-state index in [1.165, 1.54) is 30.3 Å². The summed E-state index contributed by atoms with van der Waals surface area (Å²) in [6.45, 7) is -2.39. The smallest absolute Gasteiger partial charge is 0.387 e. The zero-order valence-electron chi connectivity index (χ0n) is 20.2. The molecule has 3 aromatic rings. The van der Waals surface area contributed by atoms with Crippen LogP contribution in [0.3, 0.4) is 0 Å². The number of imidazole rings is 1. The van der Waals surface area contributed by atoms with Crippen molar-refractivity contribution in [2.75, 3.05) is 26.7 Å². The number of β-amino-alcohol motifs (C(OH)–C–C–N with tert-alkyl or cyclic N) is 1. The highest BCUT2D eigenvalue weighted by atomic mass is 19.3. The third kappa shape index (κ3) is 5.21. The summed E-state index contributed by atoms with van der Waals surface area (Å²) in [6, 6.07) is 6.14. The van der Waals surface area contributed by atoms with Crippen molar-refractivity contribution in [3.8, 4) is 22.8 Å². The number of fused-ring (bicyclic) bond motifs is 1. The van der Waals surface area contributed by atoms with Crippen LogP contribution in [0.4, 0.5) is 17.6 Å². The molecule has 12 heteroatoms. The summed E-state index contributed by atoms with van der Waals surface area (Å²) in [5, 5.41) is 13.7. The minimum atomic E-state index is -3.16. The highest BCUT2D eigenvalue weighted by Gasteiger charge is 2.46. The van der Waals surface area contributed by atoms with Crippen LogP contribution >= 0.6 is 0 Å². The Balaban J connectivity index is 1.48. The minimum Gasteiger partial charge on any atom is -0.496 e. The lowest BCUT2D eigenvalue weighted by Crippen LogP contribution is -2.59. The summed E-state index contributed by atoms with van der Waals surface area (Å²) in [5.41, 5.74) is 0.302. The average molecular weight is 522 g/mol. The summed E-state index contributed by atoms with van der Waals surface area (Å²) in [4.78, 5) is 18.6. The summed E-state index contributed by atoms with van der Waals surface area (Å²) in [7, 11) is 1.33. The van der Waals surface area contributed by atoms with Crippen LogP contribution in [0.15, 0.2) is 36.7 Å². The first-order valence-corrected chi connectivity index (χ1v) is 11.7. The molecule has 3 heterocycles. The lowest BCUT2D eigenvalue weighted by molar-refractivity contribution is -0.150. The van der Waals surface area contributed by atoms with Gasteiger partial charge in [0.1, 0.15) is 22.7 Å². The normalized spacial score (nSPS) is 18.9. The maximum Gasteiger partial charge on any atom is 0.387 e. The number of hydrogen-bond donors (Lipinski definition) is 2. The molecule has 1 aliphatic heterocycles. The first-order chi connectivity index (χ1) is 17.5. The Morgan fingerprint density at radius 2 is 1.97 bits per heavy atom. The van der Waals surface area contributed by atoms with E-state index in [9.17, 15) is 27.5 Å². The van der Waals surface area contributed by atoms with Crippen molar-refractivity contribution < 1.29 is 36.9 Å². The maximum atomic E-state index is 13.2. The highest BCUT2D eigenvalue weighted by molar-refractivity contribution is 6.01. The number of nitrogens with one attached hydrogen (secondary N) is 1. The molecule has 1 atom stereocenters. The summed E-state index contributed by atoms with van der Waals surface area (Å²) >= 11 is 0. The van der Waals surface area contributed by atoms with Crippen LogP contribution in [-0.2, 0) is 5.60 Å². The van der Waals surface area contributed by atoms with Crippen molar-refractivity contribution in [2.45, 2.75) is 43.9 Å². The van der Waals surface area contributed by atoms with Gasteiger partial charge >= 0.3 is 6.61 Å². The minimum absolute atomic E-state index is 0.000886. The van der Waals surface area contributed by atoms with Crippen molar-refractivity contribution in [1.82, 2.24) is 19.6 Å². The van der Waals surface area contributed by atoms with Crippen molar-refractivity contribution in [3.63, 3.8) is 0 Å². The quantitative estimate of drug-likeness (QED) is 0.417. The molecule has 1 aliphatic carbocycles. The number of aliphatic hydroxyl groups is 1. The summed E-state index contributed by atoms with van der Waals surface area (Å²) in [6.07, 6.45) is 4.78. The molecule has 8 nitrogen and oxygen atoms in total. The van der Waals surface area contributed by atoms with Gasteiger partial charge in [-0.1, -0.05) is 0 Å². The Kier molecular flexibility index (Phi) is 6.27. The Labute approximate surface area is 209 Å². The Hall–Kier alpha value is -3.38. The number of likely N-dealkylation sites (tertiary alicyclic amines) is 1. The summed E-state index contributed by atoms with van der Waals surface area (Å²) in [5.74, 6) is -3.57. The average Bonchev–Trinajstić information content (AvgIpc) is 3.51. The fraction of sp³-hybridized carbons (Fsp3) is 0.440. The van der Waals surface area contributed by atoms with E-state index in [1.54, 1.807) is 29.7 Å². The van der Waals surface area contributed by atoms with Crippen LogP contribution < -0.4 is 14.8 Å². The van der Waals surface area contributed by atoms with Gasteiger partial charge in [0.15, 0.2) is 0 Å². The second-order valence-corrected chi connectivity index (χ2v) is 9.74. The molecule has 0 spiro atoms. The fourth-order valence-corrected chi connectivity index (χ4v) is 4.57. The first-order valence-electron chi connectivity index (χ1n) is 11.7. The molecule has 1 saturated carbocycles. The predicted molar refractivity (Wildman–Crippen MR) is 125 cm³/mol. The van der Waals surface area contributed by atoms with E-state index in [2.05, 4.69) is 10.3 Å². The van der Waals surface area contributed by atoms with Crippen LogP contribution in [0.2, 0.25) is 0 Å². The number of rotatable bonds is 9. The van der Waals surface area contributed by atoms with Crippen LogP contribution in [0.25, 0.3) is 16.9 Å². The molecule has 1 saturated heterocycles. The zero-order chi connectivity index (χ0) is 26.5. The highest BCUT2D eigenvalue weighted by Crippen LogP contribution is 2.37. The number of halogens is 4. The number of nitrogens with zero attached hydrogens (tertiary/aromatic N) is 3. The Morgan fingerprint density at radius 1 is 1.27 bits per heavy atom. The molecular formula is C25H26F4N4O4.